The van der Waals surface area contributed by atoms with E-state index in [1.54, 1.807) is 13.1 Å². The highest BCUT2D eigenvalue weighted by atomic mass is 32.2. The molecule has 0 fully saturated rings. The molecule has 9 heteroatoms. The second-order valence-electron chi connectivity index (χ2n) is 7.06. The number of fused-ring (bicyclic) bond motifs is 1. The van der Waals surface area contributed by atoms with Gasteiger partial charge >= 0.3 is 0 Å². The first-order chi connectivity index (χ1) is 14.8. The summed E-state index contributed by atoms with van der Waals surface area (Å²) >= 11 is 1.34. The molecule has 7 nitrogen and oxygen atoms in total. The van der Waals surface area contributed by atoms with Gasteiger partial charge in [-0.1, -0.05) is 36.4 Å². The fraction of sp³-hybridized carbons (Fsp3) is 0.136. The van der Waals surface area contributed by atoms with Crippen LogP contribution >= 0.6 is 11.3 Å². The molecule has 0 aliphatic carbocycles. The quantitative estimate of drug-likeness (QED) is 0.475. The van der Waals surface area contributed by atoms with Crippen LogP contribution in [0.5, 0.6) is 0 Å². The fourth-order valence-corrected chi connectivity index (χ4v) is 4.55. The van der Waals surface area contributed by atoms with E-state index in [1.807, 2.05) is 70.3 Å². The largest absolute Gasteiger partial charge is 0.313 e. The van der Waals surface area contributed by atoms with Crippen molar-refractivity contribution in [2.75, 3.05) is 11.2 Å². The summed E-state index contributed by atoms with van der Waals surface area (Å²) in [5, 5.41) is 1.59. The molecule has 31 heavy (non-hydrogen) atoms. The first-order valence-corrected chi connectivity index (χ1v) is 12.2. The van der Waals surface area contributed by atoms with E-state index in [9.17, 15) is 13.2 Å². The van der Waals surface area contributed by atoms with Crippen LogP contribution in [-0.4, -0.2) is 30.5 Å². The third-order valence-corrected chi connectivity index (χ3v) is 6.14. The number of sulfonamides is 1. The van der Waals surface area contributed by atoms with Crippen LogP contribution in [0, 0.1) is 6.92 Å². The molecule has 0 saturated heterocycles. The first-order valence-electron chi connectivity index (χ1n) is 9.46. The topological polar surface area (TPSA) is 92.3 Å². The van der Waals surface area contributed by atoms with E-state index in [-0.39, 0.29) is 5.69 Å². The Morgan fingerprint density at radius 1 is 1.10 bits per heavy atom. The van der Waals surface area contributed by atoms with Gasteiger partial charge in [0.2, 0.25) is 10.0 Å². The molecule has 0 bridgehead atoms. The van der Waals surface area contributed by atoms with Crippen LogP contribution < -0.4 is 9.62 Å². The summed E-state index contributed by atoms with van der Waals surface area (Å²) in [4.78, 5) is 23.9. The summed E-state index contributed by atoms with van der Waals surface area (Å²) in [7, 11) is -3.68. The van der Waals surface area contributed by atoms with Gasteiger partial charge in [0.05, 0.1) is 18.3 Å². The van der Waals surface area contributed by atoms with Gasteiger partial charge in [0.1, 0.15) is 5.69 Å². The molecule has 2 aromatic heterocycles. The van der Waals surface area contributed by atoms with Gasteiger partial charge < -0.3 is 4.90 Å². The van der Waals surface area contributed by atoms with Gasteiger partial charge in [-0.05, 0) is 36.8 Å². The molecule has 4 aromatic rings. The minimum atomic E-state index is -3.68. The highest BCUT2D eigenvalue weighted by Crippen LogP contribution is 2.34. The number of aryl methyl sites for hydroxylation is 1. The average molecular weight is 453 g/mol. The highest BCUT2D eigenvalue weighted by Gasteiger charge is 2.22. The van der Waals surface area contributed by atoms with E-state index in [2.05, 4.69) is 9.97 Å². The monoisotopic (exact) mass is 452 g/mol. The molecule has 0 saturated carbocycles. The molecule has 0 radical (unpaired) electrons. The molecule has 0 spiro atoms. The predicted molar refractivity (Wildman–Crippen MR) is 123 cm³/mol. The fourth-order valence-electron chi connectivity index (χ4n) is 3.19. The number of amides is 1. The number of benzene rings is 2. The summed E-state index contributed by atoms with van der Waals surface area (Å²) in [5.74, 6) is -0.732. The van der Waals surface area contributed by atoms with Crippen LogP contribution in [-0.2, 0) is 16.6 Å². The van der Waals surface area contributed by atoms with Crippen molar-refractivity contribution in [3.63, 3.8) is 0 Å². The van der Waals surface area contributed by atoms with Crippen molar-refractivity contribution in [1.29, 1.82) is 0 Å². The van der Waals surface area contributed by atoms with Crippen LogP contribution in [0.2, 0.25) is 0 Å². The lowest BCUT2D eigenvalue weighted by Gasteiger charge is -2.22. The number of hydrogen-bond acceptors (Lipinski definition) is 7. The lowest BCUT2D eigenvalue weighted by Crippen LogP contribution is -2.30. The Balaban J connectivity index is 1.77. The lowest BCUT2D eigenvalue weighted by atomic mass is 10.1. The van der Waals surface area contributed by atoms with E-state index < -0.39 is 15.9 Å². The van der Waals surface area contributed by atoms with Gasteiger partial charge in [-0.2, -0.15) is 0 Å². The number of carbonyl (C=O) groups excluding carboxylic acids is 1. The maximum atomic E-state index is 12.4. The Morgan fingerprint density at radius 3 is 2.61 bits per heavy atom. The molecular weight excluding hydrogens is 432 g/mol. The van der Waals surface area contributed by atoms with Gasteiger partial charge in [0.15, 0.2) is 5.13 Å². The van der Waals surface area contributed by atoms with E-state index in [0.29, 0.717) is 16.6 Å². The maximum absolute atomic E-state index is 12.4. The van der Waals surface area contributed by atoms with Crippen LogP contribution in [0.4, 0.5) is 10.8 Å². The van der Waals surface area contributed by atoms with Crippen molar-refractivity contribution < 1.29 is 13.2 Å². The van der Waals surface area contributed by atoms with Gasteiger partial charge in [-0.25, -0.2) is 18.1 Å². The zero-order valence-electron chi connectivity index (χ0n) is 16.9. The van der Waals surface area contributed by atoms with Crippen molar-refractivity contribution in [3.8, 4) is 0 Å². The number of carbonyl (C=O) groups is 1. The van der Waals surface area contributed by atoms with E-state index in [1.165, 1.54) is 11.3 Å². The van der Waals surface area contributed by atoms with Crippen LogP contribution in [0.25, 0.3) is 10.9 Å². The summed E-state index contributed by atoms with van der Waals surface area (Å²) in [5.41, 5.74) is 2.96. The number of thiazole rings is 1. The van der Waals surface area contributed by atoms with Gasteiger partial charge in [-0.3, -0.25) is 9.78 Å². The molecule has 1 N–H and O–H groups in total. The van der Waals surface area contributed by atoms with E-state index >= 15 is 0 Å². The van der Waals surface area contributed by atoms with Crippen molar-refractivity contribution >= 4 is 49.0 Å². The third kappa shape index (κ3) is 4.89. The number of anilines is 2. The van der Waals surface area contributed by atoms with E-state index in [0.717, 1.165) is 28.4 Å². The molecule has 0 atom stereocenters. The second-order valence-corrected chi connectivity index (χ2v) is 9.99. The Labute approximate surface area is 184 Å². The molecule has 1 amide bonds. The molecule has 4 rings (SSSR count). The summed E-state index contributed by atoms with van der Waals surface area (Å²) in [6.07, 6.45) is 2.69. The molecule has 2 heterocycles. The maximum Gasteiger partial charge on any atom is 0.284 e. The highest BCUT2D eigenvalue weighted by molar-refractivity contribution is 7.89. The molecule has 2 aromatic carbocycles. The Bertz CT molecular complexity index is 1350. The summed E-state index contributed by atoms with van der Waals surface area (Å²) < 4.78 is 25.0. The van der Waals surface area contributed by atoms with Crippen molar-refractivity contribution in [1.82, 2.24) is 14.7 Å². The zero-order chi connectivity index (χ0) is 22.0. The Hall–Kier alpha value is -3.30. The van der Waals surface area contributed by atoms with Crippen LogP contribution in [0.15, 0.2) is 66.9 Å². The first kappa shape index (κ1) is 21.0. The number of rotatable bonds is 6. The summed E-state index contributed by atoms with van der Waals surface area (Å²) in [6.45, 7) is 2.29. The number of nitrogens with zero attached hydrogens (tertiary/aromatic N) is 3. The third-order valence-electron chi connectivity index (χ3n) is 4.59. The van der Waals surface area contributed by atoms with Gasteiger partial charge in [0.25, 0.3) is 5.91 Å². The van der Waals surface area contributed by atoms with Gasteiger partial charge in [-0.15, -0.1) is 11.3 Å². The molecule has 0 aliphatic rings. The van der Waals surface area contributed by atoms with Crippen LogP contribution in [0.1, 0.15) is 20.9 Å². The van der Waals surface area contributed by atoms with Gasteiger partial charge in [0, 0.05) is 22.1 Å². The second kappa shape index (κ2) is 8.44. The van der Waals surface area contributed by atoms with Crippen molar-refractivity contribution in [2.45, 2.75) is 13.5 Å². The Morgan fingerprint density at radius 2 is 1.87 bits per heavy atom. The Kier molecular flexibility index (Phi) is 5.71. The summed E-state index contributed by atoms with van der Waals surface area (Å²) in [6, 6.07) is 19.7. The normalized spacial score (nSPS) is 11.4. The number of pyridine rings is 1. The number of aromatic nitrogens is 2. The minimum absolute atomic E-state index is 0.103. The van der Waals surface area contributed by atoms with Crippen molar-refractivity contribution in [3.05, 3.63) is 83.0 Å². The van der Waals surface area contributed by atoms with Crippen molar-refractivity contribution in [2.24, 2.45) is 0 Å². The smallest absolute Gasteiger partial charge is 0.284 e. The molecule has 0 unspecified atom stereocenters. The van der Waals surface area contributed by atoms with Crippen LogP contribution in [0.3, 0.4) is 0 Å². The molecule has 158 valence electrons. The lowest BCUT2D eigenvalue weighted by molar-refractivity contribution is 0.0977. The molecular formula is C22H20N4O3S2. The standard InChI is InChI=1S/C22H20N4O3S2/c1-15-20(21(27)25-31(2,28)29)24-22(30-15)26(14-16-7-4-3-5-8-16)18-10-11-19-17(13-18)9-6-12-23-19/h3-13H,14H2,1-2H3,(H,25,27). The minimum Gasteiger partial charge on any atom is -0.313 e. The number of hydrogen-bond donors (Lipinski definition) is 1. The molecule has 0 aliphatic heterocycles. The average Bonchev–Trinajstić information content (AvgIpc) is 3.13. The predicted octanol–water partition coefficient (Wildman–Crippen LogP) is 4.03. The number of nitrogens with one attached hydrogen (secondary N) is 1. The van der Waals surface area contributed by atoms with E-state index in [4.69, 9.17) is 0 Å². The SMILES string of the molecule is Cc1sc(N(Cc2ccccc2)c2ccc3ncccc3c2)nc1C(=O)NS(C)(=O)=O. The zero-order valence-corrected chi connectivity index (χ0v) is 18.6.